The highest BCUT2D eigenvalue weighted by atomic mass is 16.6. The SMILES string of the molecule is CC(OC(=O)c1cc2c(cc1[N+](=O)[O-])OCCO2)C(=O)Nc1ccc(N(C)C)cc1. The summed E-state index contributed by atoms with van der Waals surface area (Å²) in [6.07, 6.45) is -1.18. The van der Waals surface area contributed by atoms with E-state index in [4.69, 9.17) is 14.2 Å². The molecule has 0 aliphatic carbocycles. The molecule has 1 amide bonds. The molecular weight excluding hydrogens is 394 g/mol. The standard InChI is InChI=1S/C20H21N3O7/c1-12(19(24)21-13-4-6-14(7-5-13)22(2)3)30-20(25)15-10-17-18(29-9-8-28-17)11-16(15)23(26)27/h4-7,10-12H,8-9H2,1-3H3,(H,21,24). The third-order valence-electron chi connectivity index (χ3n) is 4.38. The van der Waals surface area contributed by atoms with Crippen LogP contribution in [0.5, 0.6) is 11.5 Å². The molecule has 30 heavy (non-hydrogen) atoms. The van der Waals surface area contributed by atoms with E-state index in [0.717, 1.165) is 11.8 Å². The molecule has 10 heteroatoms. The first-order valence-electron chi connectivity index (χ1n) is 9.13. The van der Waals surface area contributed by atoms with E-state index in [2.05, 4.69) is 5.32 Å². The number of esters is 1. The van der Waals surface area contributed by atoms with Crippen molar-refractivity contribution >= 4 is 28.9 Å². The van der Waals surface area contributed by atoms with Crippen LogP contribution in [0.1, 0.15) is 17.3 Å². The van der Waals surface area contributed by atoms with Crippen molar-refractivity contribution in [1.29, 1.82) is 0 Å². The van der Waals surface area contributed by atoms with Crippen molar-refractivity contribution in [3.05, 3.63) is 52.1 Å². The topological polar surface area (TPSA) is 120 Å². The van der Waals surface area contributed by atoms with Gasteiger partial charge in [0.25, 0.3) is 11.6 Å². The minimum absolute atomic E-state index is 0.177. The summed E-state index contributed by atoms with van der Waals surface area (Å²) in [6, 6.07) is 9.39. The largest absolute Gasteiger partial charge is 0.486 e. The number of carbonyl (C=O) groups excluding carboxylic acids is 2. The summed E-state index contributed by atoms with van der Waals surface area (Å²) < 4.78 is 15.8. The Balaban J connectivity index is 1.71. The summed E-state index contributed by atoms with van der Waals surface area (Å²) in [7, 11) is 3.79. The summed E-state index contributed by atoms with van der Waals surface area (Å²) in [5, 5.41) is 14.0. The molecule has 1 atom stereocenters. The summed E-state index contributed by atoms with van der Waals surface area (Å²) in [6.45, 7) is 1.89. The van der Waals surface area contributed by atoms with Crippen LogP contribution >= 0.6 is 0 Å². The van der Waals surface area contributed by atoms with Crippen LogP contribution in [0.15, 0.2) is 36.4 Å². The Bertz CT molecular complexity index is 973. The van der Waals surface area contributed by atoms with Crippen LogP contribution in [0.25, 0.3) is 0 Å². The molecule has 0 aromatic heterocycles. The van der Waals surface area contributed by atoms with E-state index in [9.17, 15) is 19.7 Å². The Kier molecular flexibility index (Phi) is 6.05. The van der Waals surface area contributed by atoms with Crippen molar-refractivity contribution in [2.75, 3.05) is 37.5 Å². The van der Waals surface area contributed by atoms with E-state index in [0.29, 0.717) is 5.69 Å². The molecule has 0 radical (unpaired) electrons. The van der Waals surface area contributed by atoms with Gasteiger partial charge in [0.2, 0.25) is 0 Å². The molecular formula is C20H21N3O7. The van der Waals surface area contributed by atoms with E-state index in [1.54, 1.807) is 12.1 Å². The van der Waals surface area contributed by atoms with Crippen molar-refractivity contribution in [3.63, 3.8) is 0 Å². The maximum Gasteiger partial charge on any atom is 0.346 e. The lowest BCUT2D eigenvalue weighted by Crippen LogP contribution is -2.30. The Hall–Kier alpha value is -3.82. The van der Waals surface area contributed by atoms with E-state index >= 15 is 0 Å². The zero-order valence-electron chi connectivity index (χ0n) is 16.7. The highest BCUT2D eigenvalue weighted by Gasteiger charge is 2.29. The normalized spacial score (nSPS) is 13.2. The van der Waals surface area contributed by atoms with Gasteiger partial charge in [-0.15, -0.1) is 0 Å². The zero-order valence-corrected chi connectivity index (χ0v) is 16.7. The molecule has 1 aliphatic heterocycles. The van der Waals surface area contributed by atoms with Gasteiger partial charge in [0.15, 0.2) is 17.6 Å². The van der Waals surface area contributed by atoms with E-state index in [1.807, 2.05) is 31.1 Å². The molecule has 158 valence electrons. The van der Waals surface area contributed by atoms with Crippen LogP contribution in [-0.4, -0.2) is 50.2 Å². The molecule has 10 nitrogen and oxygen atoms in total. The molecule has 2 aromatic carbocycles. The van der Waals surface area contributed by atoms with Gasteiger partial charge in [0.1, 0.15) is 18.8 Å². The van der Waals surface area contributed by atoms with Crippen molar-refractivity contribution in [3.8, 4) is 11.5 Å². The third kappa shape index (κ3) is 4.59. The summed E-state index contributed by atoms with van der Waals surface area (Å²) in [5.41, 5.74) is 0.674. The van der Waals surface area contributed by atoms with Crippen LogP contribution < -0.4 is 19.7 Å². The smallest absolute Gasteiger partial charge is 0.346 e. The first-order chi connectivity index (χ1) is 14.3. The molecule has 0 spiro atoms. The number of carbonyl (C=O) groups is 2. The van der Waals surface area contributed by atoms with Gasteiger partial charge in [-0.3, -0.25) is 14.9 Å². The number of hydrogen-bond donors (Lipinski definition) is 1. The van der Waals surface area contributed by atoms with E-state index < -0.39 is 28.6 Å². The van der Waals surface area contributed by atoms with E-state index in [-0.39, 0.29) is 30.3 Å². The fourth-order valence-electron chi connectivity index (χ4n) is 2.76. The minimum atomic E-state index is -1.18. The molecule has 1 N–H and O–H groups in total. The van der Waals surface area contributed by atoms with Gasteiger partial charge in [-0.1, -0.05) is 0 Å². The van der Waals surface area contributed by atoms with Crippen molar-refractivity contribution in [2.45, 2.75) is 13.0 Å². The van der Waals surface area contributed by atoms with Gasteiger partial charge in [0, 0.05) is 31.5 Å². The summed E-state index contributed by atoms with van der Waals surface area (Å²) in [5.74, 6) is -1.20. The lowest BCUT2D eigenvalue weighted by Gasteiger charge is -2.19. The monoisotopic (exact) mass is 415 g/mol. The first kappa shape index (κ1) is 20.9. The predicted molar refractivity (Wildman–Crippen MR) is 108 cm³/mol. The number of ether oxygens (including phenoxy) is 3. The maximum atomic E-state index is 12.5. The average molecular weight is 415 g/mol. The molecule has 0 bridgehead atoms. The number of anilines is 2. The third-order valence-corrected chi connectivity index (χ3v) is 4.38. The number of nitro benzene ring substituents is 1. The maximum absolute atomic E-state index is 12.5. The van der Waals surface area contributed by atoms with Crippen molar-refractivity contribution in [1.82, 2.24) is 0 Å². The molecule has 0 fully saturated rings. The van der Waals surface area contributed by atoms with E-state index in [1.165, 1.54) is 13.0 Å². The summed E-state index contributed by atoms with van der Waals surface area (Å²) in [4.78, 5) is 37.5. The van der Waals surface area contributed by atoms with Gasteiger partial charge in [-0.05, 0) is 31.2 Å². The Morgan fingerprint density at radius 3 is 2.30 bits per heavy atom. The average Bonchev–Trinajstić information content (AvgIpc) is 2.72. The second-order valence-electron chi connectivity index (χ2n) is 6.75. The van der Waals surface area contributed by atoms with Gasteiger partial charge in [0.05, 0.1) is 11.0 Å². The Morgan fingerprint density at radius 1 is 1.13 bits per heavy atom. The highest BCUT2D eigenvalue weighted by molar-refractivity contribution is 5.99. The molecule has 1 heterocycles. The fraction of sp³-hybridized carbons (Fsp3) is 0.300. The number of nitrogens with one attached hydrogen (secondary N) is 1. The van der Waals surface area contributed by atoms with Crippen LogP contribution in [0.2, 0.25) is 0 Å². The Morgan fingerprint density at radius 2 is 1.73 bits per heavy atom. The fourth-order valence-corrected chi connectivity index (χ4v) is 2.76. The van der Waals surface area contributed by atoms with Crippen LogP contribution in [0.4, 0.5) is 17.1 Å². The zero-order chi connectivity index (χ0) is 21.8. The Labute approximate surface area is 172 Å². The minimum Gasteiger partial charge on any atom is -0.486 e. The second kappa shape index (κ2) is 8.68. The van der Waals surface area contributed by atoms with Crippen LogP contribution in [0.3, 0.4) is 0 Å². The van der Waals surface area contributed by atoms with Gasteiger partial charge in [-0.25, -0.2) is 4.79 Å². The molecule has 1 unspecified atom stereocenters. The van der Waals surface area contributed by atoms with Crippen molar-refractivity contribution in [2.24, 2.45) is 0 Å². The summed E-state index contributed by atoms with van der Waals surface area (Å²) >= 11 is 0. The first-order valence-corrected chi connectivity index (χ1v) is 9.13. The van der Waals surface area contributed by atoms with Gasteiger partial charge >= 0.3 is 5.97 Å². The number of rotatable bonds is 6. The number of nitro groups is 1. The number of nitrogens with zero attached hydrogens (tertiary/aromatic N) is 2. The molecule has 3 rings (SSSR count). The lowest BCUT2D eigenvalue weighted by molar-refractivity contribution is -0.385. The molecule has 0 saturated heterocycles. The molecule has 1 aliphatic rings. The molecule has 0 saturated carbocycles. The van der Waals surface area contributed by atoms with Crippen molar-refractivity contribution < 1.29 is 28.7 Å². The van der Waals surface area contributed by atoms with Crippen LogP contribution in [-0.2, 0) is 9.53 Å². The van der Waals surface area contributed by atoms with Crippen LogP contribution in [0, 0.1) is 10.1 Å². The number of hydrogen-bond acceptors (Lipinski definition) is 8. The molecule has 2 aromatic rings. The van der Waals surface area contributed by atoms with Gasteiger partial charge < -0.3 is 24.4 Å². The highest BCUT2D eigenvalue weighted by Crippen LogP contribution is 2.37. The number of fused-ring (bicyclic) bond motifs is 1. The van der Waals surface area contributed by atoms with Gasteiger partial charge in [-0.2, -0.15) is 0 Å². The lowest BCUT2D eigenvalue weighted by atomic mass is 10.1. The number of amides is 1. The quantitative estimate of drug-likeness (QED) is 0.434. The second-order valence-corrected chi connectivity index (χ2v) is 6.75. The number of benzene rings is 2. The predicted octanol–water partition coefficient (Wildman–Crippen LogP) is 2.62.